The fourth-order valence-electron chi connectivity index (χ4n) is 4.03. The Morgan fingerprint density at radius 2 is 2.31 bits per heavy atom. The summed E-state index contributed by atoms with van der Waals surface area (Å²) in [5.74, 6) is 2.13. The summed E-state index contributed by atoms with van der Waals surface area (Å²) in [6.45, 7) is 2.22. The minimum Gasteiger partial charge on any atom is -0.377 e. The number of rotatable bonds is 5. The second kappa shape index (κ2) is 4.51. The molecular weight excluding hydrogens is 218 g/mol. The van der Waals surface area contributed by atoms with Gasteiger partial charge in [0, 0.05) is 24.0 Å². The molecule has 2 nitrogen and oxygen atoms in total. The molecule has 0 aromatic carbocycles. The van der Waals surface area contributed by atoms with Gasteiger partial charge in [0.2, 0.25) is 0 Å². The van der Waals surface area contributed by atoms with Crippen molar-refractivity contribution in [3.8, 4) is 0 Å². The molecule has 0 bridgehead atoms. The van der Waals surface area contributed by atoms with Gasteiger partial charge >= 0.3 is 0 Å². The van der Waals surface area contributed by atoms with E-state index in [2.05, 4.69) is 11.6 Å². The summed E-state index contributed by atoms with van der Waals surface area (Å²) in [6.07, 6.45) is 9.67. The molecule has 3 fully saturated rings. The van der Waals surface area contributed by atoms with E-state index in [9.17, 15) is 0 Å². The summed E-state index contributed by atoms with van der Waals surface area (Å²) >= 11 is 1.95. The maximum atomic E-state index is 5.92. The van der Waals surface area contributed by atoms with Gasteiger partial charge in [0.25, 0.3) is 0 Å². The molecular formula is C13H23NOS. The largest absolute Gasteiger partial charge is 0.377 e. The molecule has 3 atom stereocenters. The van der Waals surface area contributed by atoms with E-state index in [1.54, 1.807) is 0 Å². The van der Waals surface area contributed by atoms with Gasteiger partial charge in [0.1, 0.15) is 0 Å². The van der Waals surface area contributed by atoms with E-state index < -0.39 is 0 Å². The first-order chi connectivity index (χ1) is 7.88. The lowest BCUT2D eigenvalue weighted by atomic mass is 9.46. The second-order valence-corrected chi connectivity index (χ2v) is 6.59. The van der Waals surface area contributed by atoms with Crippen molar-refractivity contribution in [3.05, 3.63) is 0 Å². The Morgan fingerprint density at radius 1 is 1.44 bits per heavy atom. The van der Waals surface area contributed by atoms with E-state index in [0.717, 1.165) is 18.6 Å². The molecule has 16 heavy (non-hydrogen) atoms. The number of thioether (sulfide) groups is 1. The van der Waals surface area contributed by atoms with Crippen LogP contribution in [0.25, 0.3) is 0 Å². The first kappa shape index (κ1) is 11.4. The number of hydrogen-bond donors (Lipinski definition) is 1. The summed E-state index contributed by atoms with van der Waals surface area (Å²) in [7, 11) is 0. The van der Waals surface area contributed by atoms with Crippen LogP contribution in [0.1, 0.15) is 32.1 Å². The van der Waals surface area contributed by atoms with Crippen molar-refractivity contribution >= 4 is 11.8 Å². The molecule has 3 unspecified atom stereocenters. The van der Waals surface area contributed by atoms with Crippen molar-refractivity contribution in [3.63, 3.8) is 0 Å². The average molecular weight is 241 g/mol. The fourth-order valence-corrected chi connectivity index (χ4v) is 4.47. The molecule has 1 N–H and O–H groups in total. The SMILES string of the molecule is CSCCCNC1C2CCOC2C12CCC2. The fraction of sp³-hybridized carbons (Fsp3) is 1.00. The molecule has 1 aliphatic heterocycles. The van der Waals surface area contributed by atoms with E-state index in [1.807, 2.05) is 11.8 Å². The predicted octanol–water partition coefficient (Wildman–Crippen LogP) is 2.29. The standard InChI is InChI=1S/C13H23NOS/c1-16-9-3-7-14-11-10-4-8-15-12(10)13(11)5-2-6-13/h10-12,14H,2-9H2,1H3. The van der Waals surface area contributed by atoms with Gasteiger partial charge in [-0.3, -0.25) is 0 Å². The quantitative estimate of drug-likeness (QED) is 0.746. The maximum Gasteiger partial charge on any atom is 0.0690 e. The lowest BCUT2D eigenvalue weighted by Gasteiger charge is -2.63. The van der Waals surface area contributed by atoms with Gasteiger partial charge in [-0.2, -0.15) is 11.8 Å². The highest BCUT2D eigenvalue weighted by Gasteiger charge is 2.66. The van der Waals surface area contributed by atoms with Crippen molar-refractivity contribution in [1.82, 2.24) is 5.32 Å². The molecule has 2 aliphatic carbocycles. The highest BCUT2D eigenvalue weighted by atomic mass is 32.2. The molecule has 3 rings (SSSR count). The van der Waals surface area contributed by atoms with Crippen LogP contribution in [0, 0.1) is 11.3 Å². The maximum absolute atomic E-state index is 5.92. The Labute approximate surface area is 103 Å². The van der Waals surface area contributed by atoms with Gasteiger partial charge in [-0.25, -0.2) is 0 Å². The van der Waals surface area contributed by atoms with E-state index in [1.165, 1.54) is 44.4 Å². The monoisotopic (exact) mass is 241 g/mol. The molecule has 0 aromatic heterocycles. The van der Waals surface area contributed by atoms with E-state index in [4.69, 9.17) is 4.74 Å². The molecule has 1 heterocycles. The molecule has 0 amide bonds. The summed E-state index contributed by atoms with van der Waals surface area (Å²) < 4.78 is 5.92. The Morgan fingerprint density at radius 3 is 3.00 bits per heavy atom. The van der Waals surface area contributed by atoms with Crippen LogP contribution in [0.2, 0.25) is 0 Å². The number of hydrogen-bond acceptors (Lipinski definition) is 3. The second-order valence-electron chi connectivity index (χ2n) is 5.61. The zero-order chi connectivity index (χ0) is 11.0. The first-order valence-electron chi connectivity index (χ1n) is 6.72. The van der Waals surface area contributed by atoms with Crippen LogP contribution in [-0.4, -0.2) is 37.3 Å². The van der Waals surface area contributed by atoms with Crippen LogP contribution < -0.4 is 5.32 Å². The zero-order valence-electron chi connectivity index (χ0n) is 10.2. The van der Waals surface area contributed by atoms with Crippen LogP contribution in [0.15, 0.2) is 0 Å². The highest BCUT2D eigenvalue weighted by Crippen LogP contribution is 2.62. The Hall–Kier alpha value is 0.270. The van der Waals surface area contributed by atoms with Gasteiger partial charge < -0.3 is 10.1 Å². The Balaban J connectivity index is 1.53. The number of ether oxygens (including phenoxy) is 1. The normalized spacial score (nSPS) is 39.2. The minimum atomic E-state index is 0.570. The zero-order valence-corrected chi connectivity index (χ0v) is 11.0. The van der Waals surface area contributed by atoms with E-state index in [-0.39, 0.29) is 0 Å². The van der Waals surface area contributed by atoms with Gasteiger partial charge in [-0.05, 0) is 44.2 Å². The van der Waals surface area contributed by atoms with Crippen molar-refractivity contribution in [2.45, 2.75) is 44.2 Å². The van der Waals surface area contributed by atoms with Crippen molar-refractivity contribution in [2.24, 2.45) is 11.3 Å². The van der Waals surface area contributed by atoms with Crippen LogP contribution in [0.3, 0.4) is 0 Å². The number of fused-ring (bicyclic) bond motifs is 2. The smallest absolute Gasteiger partial charge is 0.0690 e. The van der Waals surface area contributed by atoms with E-state index >= 15 is 0 Å². The molecule has 0 aromatic rings. The molecule has 0 radical (unpaired) electrons. The topological polar surface area (TPSA) is 21.3 Å². The first-order valence-corrected chi connectivity index (χ1v) is 8.12. The third-order valence-corrected chi connectivity index (χ3v) is 5.62. The molecule has 1 spiro atoms. The van der Waals surface area contributed by atoms with Crippen molar-refractivity contribution in [2.75, 3.05) is 25.2 Å². The van der Waals surface area contributed by atoms with Crippen LogP contribution in [0.4, 0.5) is 0 Å². The van der Waals surface area contributed by atoms with Gasteiger partial charge in [0.05, 0.1) is 6.10 Å². The molecule has 92 valence electrons. The van der Waals surface area contributed by atoms with Gasteiger partial charge in [-0.15, -0.1) is 0 Å². The van der Waals surface area contributed by atoms with Crippen LogP contribution in [-0.2, 0) is 4.74 Å². The van der Waals surface area contributed by atoms with Crippen molar-refractivity contribution in [1.29, 1.82) is 0 Å². The molecule has 2 saturated carbocycles. The summed E-state index contributed by atoms with van der Waals surface area (Å²) in [6, 6.07) is 0.788. The Kier molecular flexibility index (Phi) is 3.20. The summed E-state index contributed by atoms with van der Waals surface area (Å²) in [5.41, 5.74) is 0.570. The average Bonchev–Trinajstić information content (AvgIpc) is 2.61. The molecule has 1 saturated heterocycles. The molecule has 3 aliphatic rings. The van der Waals surface area contributed by atoms with Crippen LogP contribution >= 0.6 is 11.8 Å². The third-order valence-electron chi connectivity index (χ3n) is 4.93. The third kappa shape index (κ3) is 1.55. The summed E-state index contributed by atoms with van der Waals surface area (Å²) in [5, 5.41) is 3.82. The van der Waals surface area contributed by atoms with Gasteiger partial charge in [0.15, 0.2) is 0 Å². The highest BCUT2D eigenvalue weighted by molar-refractivity contribution is 7.98. The lowest BCUT2D eigenvalue weighted by Crippen LogP contribution is -2.71. The molecule has 3 heteroatoms. The summed E-state index contributed by atoms with van der Waals surface area (Å²) in [4.78, 5) is 0. The van der Waals surface area contributed by atoms with Gasteiger partial charge in [-0.1, -0.05) is 6.42 Å². The minimum absolute atomic E-state index is 0.570. The van der Waals surface area contributed by atoms with E-state index in [0.29, 0.717) is 11.5 Å². The predicted molar refractivity (Wildman–Crippen MR) is 68.9 cm³/mol. The lowest BCUT2D eigenvalue weighted by molar-refractivity contribution is -0.175. The Bertz CT molecular complexity index is 254. The van der Waals surface area contributed by atoms with Crippen LogP contribution in [0.5, 0.6) is 0 Å². The van der Waals surface area contributed by atoms with Crippen molar-refractivity contribution < 1.29 is 4.74 Å². The number of nitrogens with one attached hydrogen (secondary N) is 1.